The van der Waals surface area contributed by atoms with Gasteiger partial charge in [0.05, 0.1) is 15.5 Å². The summed E-state index contributed by atoms with van der Waals surface area (Å²) in [5, 5.41) is 10.9. The van der Waals surface area contributed by atoms with Crippen LogP contribution >= 0.6 is 0 Å². The van der Waals surface area contributed by atoms with Crippen LogP contribution < -0.4 is 4.31 Å². The number of nitro groups is 1. The van der Waals surface area contributed by atoms with Crippen LogP contribution in [-0.4, -0.2) is 26.2 Å². The molecule has 1 unspecified atom stereocenters. The topological polar surface area (TPSA) is 97.6 Å². The predicted molar refractivity (Wildman–Crippen MR) is 112 cm³/mol. The summed E-state index contributed by atoms with van der Waals surface area (Å²) in [5.74, 6) is -0.184. The highest BCUT2D eigenvalue weighted by Crippen LogP contribution is 2.42. The number of nitro benzene ring substituents is 1. The number of hydrogen-bond acceptors (Lipinski definition) is 5. The first-order chi connectivity index (χ1) is 14.4. The molecule has 7 nitrogen and oxygen atoms in total. The molecule has 0 amide bonds. The van der Waals surface area contributed by atoms with Crippen molar-refractivity contribution in [1.29, 1.82) is 0 Å². The Morgan fingerprint density at radius 1 is 1.00 bits per heavy atom. The summed E-state index contributed by atoms with van der Waals surface area (Å²) in [6.07, 6.45) is 1.34. The lowest BCUT2D eigenvalue weighted by molar-refractivity contribution is -0.384. The number of sulfonamides is 1. The largest absolute Gasteiger partial charge is 0.298 e. The molecule has 0 radical (unpaired) electrons. The second-order valence-corrected chi connectivity index (χ2v) is 8.93. The van der Waals surface area contributed by atoms with E-state index in [-0.39, 0.29) is 23.0 Å². The molecule has 0 aliphatic carbocycles. The van der Waals surface area contributed by atoms with Gasteiger partial charge in [-0.25, -0.2) is 8.42 Å². The molecular formula is C22H18N2O5S. The van der Waals surface area contributed by atoms with E-state index in [4.69, 9.17) is 0 Å². The van der Waals surface area contributed by atoms with Gasteiger partial charge in [-0.05, 0) is 35.7 Å². The number of carbonyl (C=O) groups excluding carboxylic acids is 1. The van der Waals surface area contributed by atoms with E-state index in [1.165, 1.54) is 28.6 Å². The van der Waals surface area contributed by atoms with Crippen LogP contribution in [-0.2, 0) is 16.4 Å². The Balaban J connectivity index is 1.76. The maximum atomic E-state index is 13.3. The number of benzene rings is 3. The molecule has 0 saturated carbocycles. The van der Waals surface area contributed by atoms with Crippen molar-refractivity contribution in [3.63, 3.8) is 0 Å². The van der Waals surface area contributed by atoms with E-state index in [9.17, 15) is 23.3 Å². The van der Waals surface area contributed by atoms with Gasteiger partial charge in [0.2, 0.25) is 0 Å². The molecule has 0 spiro atoms. The molecule has 30 heavy (non-hydrogen) atoms. The molecule has 3 aromatic rings. The molecule has 1 atom stereocenters. The summed E-state index contributed by atoms with van der Waals surface area (Å²) < 4.78 is 28.0. The molecule has 0 fully saturated rings. The zero-order valence-corrected chi connectivity index (χ0v) is 16.7. The van der Waals surface area contributed by atoms with E-state index in [0.29, 0.717) is 23.2 Å². The van der Waals surface area contributed by atoms with Gasteiger partial charge in [-0.1, -0.05) is 42.5 Å². The van der Waals surface area contributed by atoms with Crippen LogP contribution in [0.25, 0.3) is 0 Å². The van der Waals surface area contributed by atoms with Gasteiger partial charge in [0.15, 0.2) is 0 Å². The smallest absolute Gasteiger partial charge is 0.269 e. The number of carbonyl (C=O) groups is 1. The highest BCUT2D eigenvalue weighted by Gasteiger charge is 2.38. The maximum absolute atomic E-state index is 13.3. The molecular weight excluding hydrogens is 404 g/mol. The third kappa shape index (κ3) is 3.46. The monoisotopic (exact) mass is 422 g/mol. The lowest BCUT2D eigenvalue weighted by Crippen LogP contribution is -2.30. The van der Waals surface area contributed by atoms with Gasteiger partial charge in [0.25, 0.3) is 15.7 Å². The van der Waals surface area contributed by atoms with E-state index in [2.05, 4.69) is 0 Å². The Morgan fingerprint density at radius 2 is 1.70 bits per heavy atom. The van der Waals surface area contributed by atoms with Crippen molar-refractivity contribution in [3.05, 3.63) is 99.6 Å². The Morgan fingerprint density at radius 3 is 2.33 bits per heavy atom. The molecule has 8 heteroatoms. The fourth-order valence-corrected chi connectivity index (χ4v) is 5.41. The molecule has 1 heterocycles. The van der Waals surface area contributed by atoms with E-state index < -0.39 is 14.9 Å². The SMILES string of the molecule is O=Cc1cccc2c1C(Cc1ccccc1)CN2S(=O)(=O)c1ccc([N+](=O)[O-])cc1. The van der Waals surface area contributed by atoms with Crippen LogP contribution in [0.1, 0.15) is 27.4 Å². The molecule has 1 aliphatic rings. The molecule has 152 valence electrons. The van der Waals surface area contributed by atoms with Gasteiger partial charge in [-0.2, -0.15) is 0 Å². The molecule has 1 aliphatic heterocycles. The lowest BCUT2D eigenvalue weighted by Gasteiger charge is -2.20. The highest BCUT2D eigenvalue weighted by atomic mass is 32.2. The first-order valence-electron chi connectivity index (χ1n) is 9.31. The van der Waals surface area contributed by atoms with Crippen molar-refractivity contribution in [2.24, 2.45) is 0 Å². The molecule has 0 N–H and O–H groups in total. The van der Waals surface area contributed by atoms with Gasteiger partial charge in [0.1, 0.15) is 6.29 Å². The van der Waals surface area contributed by atoms with E-state index in [1.54, 1.807) is 18.2 Å². The summed E-state index contributed by atoms with van der Waals surface area (Å²) >= 11 is 0. The van der Waals surface area contributed by atoms with Crippen molar-refractivity contribution < 1.29 is 18.1 Å². The molecule has 0 bridgehead atoms. The standard InChI is InChI=1S/C22H18N2O5S/c25-15-17-7-4-8-21-22(17)18(13-16-5-2-1-3-6-16)14-23(21)30(28,29)20-11-9-19(10-12-20)24(26)27/h1-12,15,18H,13-14H2. The predicted octanol–water partition coefficient (Wildman–Crippen LogP) is 3.94. The van der Waals surface area contributed by atoms with E-state index in [0.717, 1.165) is 11.8 Å². The Labute approximate surface area is 173 Å². The summed E-state index contributed by atoms with van der Waals surface area (Å²) in [7, 11) is -3.95. The van der Waals surface area contributed by atoms with Crippen molar-refractivity contribution in [3.8, 4) is 0 Å². The van der Waals surface area contributed by atoms with Gasteiger partial charge >= 0.3 is 0 Å². The second-order valence-electron chi connectivity index (χ2n) is 7.07. The van der Waals surface area contributed by atoms with Crippen LogP contribution in [0, 0.1) is 10.1 Å². The molecule has 0 saturated heterocycles. The maximum Gasteiger partial charge on any atom is 0.269 e. The summed E-state index contributed by atoms with van der Waals surface area (Å²) in [5.41, 5.74) is 2.51. The van der Waals surface area contributed by atoms with Gasteiger partial charge in [-0.15, -0.1) is 0 Å². The van der Waals surface area contributed by atoms with Gasteiger partial charge in [0, 0.05) is 30.2 Å². The molecule has 0 aromatic heterocycles. The lowest BCUT2D eigenvalue weighted by atomic mass is 9.91. The van der Waals surface area contributed by atoms with Crippen molar-refractivity contribution in [1.82, 2.24) is 0 Å². The average molecular weight is 422 g/mol. The van der Waals surface area contributed by atoms with Crippen molar-refractivity contribution >= 4 is 27.7 Å². The van der Waals surface area contributed by atoms with Crippen molar-refractivity contribution in [2.45, 2.75) is 17.2 Å². The minimum absolute atomic E-state index is 0.0316. The first-order valence-corrected chi connectivity index (χ1v) is 10.7. The zero-order valence-electron chi connectivity index (χ0n) is 15.8. The molecule has 4 rings (SSSR count). The number of aldehydes is 1. The number of anilines is 1. The first kappa shape index (κ1) is 19.8. The quantitative estimate of drug-likeness (QED) is 0.340. The van der Waals surface area contributed by atoms with Crippen molar-refractivity contribution in [2.75, 3.05) is 10.8 Å². The van der Waals surface area contributed by atoms with Gasteiger partial charge in [-0.3, -0.25) is 19.2 Å². The third-order valence-corrected chi connectivity index (χ3v) is 7.06. The van der Waals surface area contributed by atoms with Crippen LogP contribution in [0.15, 0.2) is 77.7 Å². The number of nitrogens with zero attached hydrogens (tertiary/aromatic N) is 2. The summed E-state index contributed by atoms with van der Waals surface area (Å²) in [4.78, 5) is 21.9. The van der Waals surface area contributed by atoms with Crippen LogP contribution in [0.5, 0.6) is 0 Å². The highest BCUT2D eigenvalue weighted by molar-refractivity contribution is 7.92. The van der Waals surface area contributed by atoms with Crippen LogP contribution in [0.3, 0.4) is 0 Å². The number of hydrogen-bond donors (Lipinski definition) is 0. The summed E-state index contributed by atoms with van der Waals surface area (Å²) in [6, 6.07) is 19.5. The number of fused-ring (bicyclic) bond motifs is 1. The normalized spacial score (nSPS) is 15.6. The number of rotatable bonds is 6. The van der Waals surface area contributed by atoms with E-state index in [1.807, 2.05) is 30.3 Å². The summed E-state index contributed by atoms with van der Waals surface area (Å²) in [6.45, 7) is 0.189. The Kier molecular flexibility index (Phi) is 5.09. The third-order valence-electron chi connectivity index (χ3n) is 5.27. The second kappa shape index (κ2) is 7.72. The Bertz CT molecular complexity index is 1210. The van der Waals surface area contributed by atoms with E-state index >= 15 is 0 Å². The van der Waals surface area contributed by atoms with Gasteiger partial charge < -0.3 is 0 Å². The fourth-order valence-electron chi connectivity index (χ4n) is 3.89. The zero-order chi connectivity index (χ0) is 21.3. The van der Waals surface area contributed by atoms with Crippen LogP contribution in [0.4, 0.5) is 11.4 Å². The average Bonchev–Trinajstić information content (AvgIpc) is 3.14. The fraction of sp³-hybridized carbons (Fsp3) is 0.136. The minimum Gasteiger partial charge on any atom is -0.298 e. The van der Waals surface area contributed by atoms with Crippen LogP contribution in [0.2, 0.25) is 0 Å². The number of non-ortho nitro benzene ring substituents is 1. The minimum atomic E-state index is -3.95. The Hall–Kier alpha value is -3.52. The molecule has 3 aromatic carbocycles.